The standard InChI is InChI=1S/C24H22ClF2N3O3/c1-24(26,27)21-14-20(30(28-21)18-7-3-2-6-17(18)25)15-9-11-16(12-10-15)22(31)29-13-5-4-8-19(29)23(32)33/h2-3,6-7,9-12,14,19H,4-5,8,13H2,1H3,(H,32,33). The first-order valence-electron chi connectivity index (χ1n) is 10.5. The summed E-state index contributed by atoms with van der Waals surface area (Å²) in [6, 6.07) is 13.6. The molecule has 0 bridgehead atoms. The van der Waals surface area contributed by atoms with E-state index in [1.165, 1.54) is 15.6 Å². The summed E-state index contributed by atoms with van der Waals surface area (Å²) in [6.07, 6.45) is 1.93. The third kappa shape index (κ3) is 4.61. The monoisotopic (exact) mass is 473 g/mol. The number of hydrogen-bond acceptors (Lipinski definition) is 3. The van der Waals surface area contributed by atoms with Crippen LogP contribution in [0, 0.1) is 0 Å². The van der Waals surface area contributed by atoms with Crippen molar-refractivity contribution in [2.45, 2.75) is 38.2 Å². The second kappa shape index (κ2) is 8.94. The summed E-state index contributed by atoms with van der Waals surface area (Å²) in [7, 11) is 0. The van der Waals surface area contributed by atoms with E-state index in [-0.39, 0.29) is 5.91 Å². The molecule has 9 heteroatoms. The molecular formula is C24H22ClF2N3O3. The van der Waals surface area contributed by atoms with Gasteiger partial charge in [0.1, 0.15) is 11.7 Å². The Morgan fingerprint density at radius 3 is 2.45 bits per heavy atom. The lowest BCUT2D eigenvalue weighted by Gasteiger charge is -2.33. The molecular weight excluding hydrogens is 452 g/mol. The van der Waals surface area contributed by atoms with E-state index >= 15 is 0 Å². The van der Waals surface area contributed by atoms with Crippen LogP contribution in [-0.4, -0.2) is 44.3 Å². The molecule has 1 amide bonds. The molecule has 3 aromatic rings. The molecule has 2 heterocycles. The van der Waals surface area contributed by atoms with Crippen LogP contribution in [0.5, 0.6) is 0 Å². The molecule has 6 nitrogen and oxygen atoms in total. The van der Waals surface area contributed by atoms with Crippen molar-refractivity contribution < 1.29 is 23.5 Å². The number of carbonyl (C=O) groups excluding carboxylic acids is 1. The number of aromatic nitrogens is 2. The van der Waals surface area contributed by atoms with Gasteiger partial charge in [-0.3, -0.25) is 4.79 Å². The third-order valence-electron chi connectivity index (χ3n) is 5.72. The summed E-state index contributed by atoms with van der Waals surface area (Å²) in [4.78, 5) is 25.9. The van der Waals surface area contributed by atoms with Crippen molar-refractivity contribution in [2.75, 3.05) is 6.54 Å². The smallest absolute Gasteiger partial charge is 0.326 e. The van der Waals surface area contributed by atoms with E-state index < -0.39 is 23.6 Å². The van der Waals surface area contributed by atoms with Gasteiger partial charge < -0.3 is 10.0 Å². The van der Waals surface area contributed by atoms with Crippen LogP contribution in [0.2, 0.25) is 5.02 Å². The van der Waals surface area contributed by atoms with Gasteiger partial charge in [-0.05, 0) is 49.6 Å². The van der Waals surface area contributed by atoms with Crippen molar-refractivity contribution in [3.05, 3.63) is 70.9 Å². The first kappa shape index (κ1) is 22.9. The Labute approximate surface area is 194 Å². The van der Waals surface area contributed by atoms with Gasteiger partial charge in [-0.15, -0.1) is 0 Å². The molecule has 1 aliphatic rings. The van der Waals surface area contributed by atoms with Crippen molar-refractivity contribution in [3.63, 3.8) is 0 Å². The largest absolute Gasteiger partial charge is 0.480 e. The topological polar surface area (TPSA) is 75.4 Å². The van der Waals surface area contributed by atoms with Gasteiger partial charge in [0.05, 0.1) is 16.4 Å². The fourth-order valence-corrected chi connectivity index (χ4v) is 4.20. The number of nitrogens with zero attached hydrogens (tertiary/aromatic N) is 3. The number of halogens is 3. The predicted octanol–water partition coefficient (Wildman–Crippen LogP) is 5.38. The minimum atomic E-state index is -3.16. The lowest BCUT2D eigenvalue weighted by Crippen LogP contribution is -2.47. The zero-order valence-corrected chi connectivity index (χ0v) is 18.6. The van der Waals surface area contributed by atoms with E-state index in [0.717, 1.165) is 19.8 Å². The Kier molecular flexibility index (Phi) is 6.21. The molecule has 0 spiro atoms. The van der Waals surface area contributed by atoms with Gasteiger partial charge in [-0.1, -0.05) is 35.9 Å². The van der Waals surface area contributed by atoms with Crippen LogP contribution in [0.25, 0.3) is 16.9 Å². The third-order valence-corrected chi connectivity index (χ3v) is 6.04. The van der Waals surface area contributed by atoms with Crippen LogP contribution in [-0.2, 0) is 10.7 Å². The Hall–Kier alpha value is -3.26. The Morgan fingerprint density at radius 2 is 1.82 bits per heavy atom. The highest BCUT2D eigenvalue weighted by Crippen LogP contribution is 2.33. The highest BCUT2D eigenvalue weighted by Gasteiger charge is 2.33. The van der Waals surface area contributed by atoms with Gasteiger partial charge in [0.2, 0.25) is 0 Å². The van der Waals surface area contributed by atoms with Gasteiger partial charge >= 0.3 is 5.97 Å². The highest BCUT2D eigenvalue weighted by molar-refractivity contribution is 6.32. The molecule has 1 aliphatic heterocycles. The summed E-state index contributed by atoms with van der Waals surface area (Å²) in [5, 5.41) is 13.9. The summed E-state index contributed by atoms with van der Waals surface area (Å²) < 4.78 is 29.5. The normalized spacial score (nSPS) is 16.6. The van der Waals surface area contributed by atoms with E-state index in [1.54, 1.807) is 48.5 Å². The molecule has 0 saturated carbocycles. The van der Waals surface area contributed by atoms with Crippen molar-refractivity contribution in [2.24, 2.45) is 0 Å². The van der Waals surface area contributed by atoms with Crippen LogP contribution in [0.15, 0.2) is 54.6 Å². The number of likely N-dealkylation sites (tertiary alicyclic amines) is 1. The second-order valence-electron chi connectivity index (χ2n) is 8.09. The second-order valence-corrected chi connectivity index (χ2v) is 8.50. The van der Waals surface area contributed by atoms with Crippen LogP contribution in [0.3, 0.4) is 0 Å². The van der Waals surface area contributed by atoms with Crippen molar-refractivity contribution in [1.82, 2.24) is 14.7 Å². The zero-order chi connectivity index (χ0) is 23.8. The summed E-state index contributed by atoms with van der Waals surface area (Å²) in [5.74, 6) is -4.54. The average molecular weight is 474 g/mol. The van der Waals surface area contributed by atoms with E-state index in [9.17, 15) is 23.5 Å². The van der Waals surface area contributed by atoms with E-state index in [0.29, 0.717) is 40.5 Å². The van der Waals surface area contributed by atoms with Crippen LogP contribution >= 0.6 is 11.6 Å². The fourth-order valence-electron chi connectivity index (χ4n) is 3.99. The SMILES string of the molecule is CC(F)(F)c1cc(-c2ccc(C(=O)N3CCCCC3C(=O)O)cc2)n(-c2ccccc2Cl)n1. The number of rotatable bonds is 5. The minimum Gasteiger partial charge on any atom is -0.480 e. The number of carboxylic acid groups (broad SMARTS) is 1. The molecule has 172 valence electrons. The summed E-state index contributed by atoms with van der Waals surface area (Å²) in [5.41, 5.74) is 1.32. The lowest BCUT2D eigenvalue weighted by molar-refractivity contribution is -0.143. The Bertz CT molecular complexity index is 1190. The maximum Gasteiger partial charge on any atom is 0.326 e. The number of para-hydroxylation sites is 1. The minimum absolute atomic E-state index is 0.330. The number of amides is 1. The van der Waals surface area contributed by atoms with Gasteiger partial charge in [-0.2, -0.15) is 13.9 Å². The van der Waals surface area contributed by atoms with Gasteiger partial charge in [-0.25, -0.2) is 9.48 Å². The number of carbonyl (C=O) groups is 2. The van der Waals surface area contributed by atoms with Gasteiger partial charge in [0.25, 0.3) is 11.8 Å². The predicted molar refractivity (Wildman–Crippen MR) is 120 cm³/mol. The molecule has 1 atom stereocenters. The average Bonchev–Trinajstić information content (AvgIpc) is 3.25. The van der Waals surface area contributed by atoms with Crippen LogP contribution < -0.4 is 0 Å². The quantitative estimate of drug-likeness (QED) is 0.539. The van der Waals surface area contributed by atoms with E-state index in [4.69, 9.17) is 11.6 Å². The van der Waals surface area contributed by atoms with Gasteiger partial charge in [0, 0.05) is 24.6 Å². The molecule has 2 aromatic carbocycles. The first-order valence-corrected chi connectivity index (χ1v) is 10.9. The summed E-state index contributed by atoms with van der Waals surface area (Å²) >= 11 is 6.29. The number of hydrogen-bond donors (Lipinski definition) is 1. The van der Waals surface area contributed by atoms with E-state index in [2.05, 4.69) is 5.10 Å². The Balaban J connectivity index is 1.71. The fraction of sp³-hybridized carbons (Fsp3) is 0.292. The van der Waals surface area contributed by atoms with Crippen molar-refractivity contribution in [1.29, 1.82) is 0 Å². The number of benzene rings is 2. The van der Waals surface area contributed by atoms with Crippen LogP contribution in [0.4, 0.5) is 8.78 Å². The molecule has 0 radical (unpaired) electrons. The maximum atomic E-state index is 14.1. The Morgan fingerprint density at radius 1 is 1.12 bits per heavy atom. The maximum absolute atomic E-state index is 14.1. The summed E-state index contributed by atoms with van der Waals surface area (Å²) in [6.45, 7) is 1.15. The number of carboxylic acids is 1. The van der Waals surface area contributed by atoms with Crippen molar-refractivity contribution >= 4 is 23.5 Å². The molecule has 1 fully saturated rings. The molecule has 1 saturated heterocycles. The number of aliphatic carboxylic acids is 1. The van der Waals surface area contributed by atoms with Crippen molar-refractivity contribution in [3.8, 4) is 16.9 Å². The zero-order valence-electron chi connectivity index (χ0n) is 17.8. The molecule has 1 aromatic heterocycles. The molecule has 0 aliphatic carbocycles. The van der Waals surface area contributed by atoms with Crippen LogP contribution in [0.1, 0.15) is 42.2 Å². The molecule has 1 unspecified atom stereocenters. The molecule has 33 heavy (non-hydrogen) atoms. The molecule has 4 rings (SSSR count). The number of alkyl halides is 2. The first-order chi connectivity index (χ1) is 15.7. The highest BCUT2D eigenvalue weighted by atomic mass is 35.5. The van der Waals surface area contributed by atoms with E-state index in [1.807, 2.05) is 0 Å². The number of piperidine rings is 1. The lowest BCUT2D eigenvalue weighted by atomic mass is 10.00. The van der Waals surface area contributed by atoms with Gasteiger partial charge in [0.15, 0.2) is 0 Å². The molecule has 1 N–H and O–H groups in total.